The van der Waals surface area contributed by atoms with Crippen molar-refractivity contribution in [3.63, 3.8) is 0 Å². The first-order valence-electron chi connectivity index (χ1n) is 8.04. The Labute approximate surface area is 137 Å². The van der Waals surface area contributed by atoms with Gasteiger partial charge in [0, 0.05) is 18.3 Å². The summed E-state index contributed by atoms with van der Waals surface area (Å²) in [5, 5.41) is 11.4. The van der Waals surface area contributed by atoms with Gasteiger partial charge < -0.3 is 10.2 Å². The van der Waals surface area contributed by atoms with Gasteiger partial charge in [0.25, 0.3) is 5.91 Å². The molecule has 0 aliphatic heterocycles. The van der Waals surface area contributed by atoms with E-state index in [-0.39, 0.29) is 5.91 Å². The van der Waals surface area contributed by atoms with Gasteiger partial charge in [0.1, 0.15) is 5.82 Å². The number of nitrogens with one attached hydrogen (secondary N) is 1. The highest BCUT2D eigenvalue weighted by atomic mass is 16.2. The Morgan fingerprint density at radius 3 is 2.57 bits per heavy atom. The molecular weight excluding hydrogens is 288 g/mol. The molecule has 0 aliphatic carbocycles. The largest absolute Gasteiger partial charge is 0.366 e. The Morgan fingerprint density at radius 1 is 1.22 bits per heavy atom. The minimum absolute atomic E-state index is 0.138. The first kappa shape index (κ1) is 16.9. The third kappa shape index (κ3) is 4.28. The lowest BCUT2D eigenvalue weighted by molar-refractivity contribution is 0.0982. The second-order valence-electron chi connectivity index (χ2n) is 5.65. The number of benzene rings is 1. The number of carbonyl (C=O) groups is 1. The van der Waals surface area contributed by atoms with Gasteiger partial charge in [-0.2, -0.15) is 0 Å². The summed E-state index contributed by atoms with van der Waals surface area (Å²) in [4.78, 5) is 14.4. The number of hydrogen-bond acceptors (Lipinski definition) is 4. The van der Waals surface area contributed by atoms with Crippen LogP contribution in [0.2, 0.25) is 0 Å². The molecule has 23 heavy (non-hydrogen) atoms. The summed E-state index contributed by atoms with van der Waals surface area (Å²) in [7, 11) is 0. The van der Waals surface area contributed by atoms with Crippen LogP contribution >= 0.6 is 0 Å². The molecule has 0 spiro atoms. The van der Waals surface area contributed by atoms with Crippen molar-refractivity contribution in [2.75, 3.05) is 16.8 Å². The topological polar surface area (TPSA) is 58.1 Å². The minimum atomic E-state index is -0.138. The Morgan fingerprint density at radius 2 is 2.00 bits per heavy atom. The van der Waals surface area contributed by atoms with E-state index < -0.39 is 0 Å². The molecular formula is C18H24N4O. The van der Waals surface area contributed by atoms with Crippen molar-refractivity contribution < 1.29 is 4.79 Å². The number of amides is 1. The van der Waals surface area contributed by atoms with Crippen LogP contribution in [0.3, 0.4) is 0 Å². The summed E-state index contributed by atoms with van der Waals surface area (Å²) >= 11 is 0. The Hall–Kier alpha value is -2.43. The second-order valence-corrected chi connectivity index (χ2v) is 5.65. The van der Waals surface area contributed by atoms with E-state index in [0.717, 1.165) is 17.7 Å². The van der Waals surface area contributed by atoms with E-state index in [1.807, 2.05) is 38.1 Å². The molecule has 122 valence electrons. The Balaban J connectivity index is 2.18. The van der Waals surface area contributed by atoms with Gasteiger partial charge in [0.2, 0.25) is 0 Å². The zero-order valence-electron chi connectivity index (χ0n) is 14.2. The Kier molecular flexibility index (Phi) is 5.68. The second kappa shape index (κ2) is 7.72. The van der Waals surface area contributed by atoms with E-state index in [9.17, 15) is 4.79 Å². The minimum Gasteiger partial charge on any atom is -0.366 e. The molecule has 0 aliphatic rings. The monoisotopic (exact) mass is 312 g/mol. The molecule has 5 heteroatoms. The molecule has 0 fully saturated rings. The van der Waals surface area contributed by atoms with Crippen LogP contribution in [-0.2, 0) is 0 Å². The van der Waals surface area contributed by atoms with Crippen LogP contribution in [0, 0.1) is 6.92 Å². The lowest BCUT2D eigenvalue weighted by Crippen LogP contribution is -2.31. The van der Waals surface area contributed by atoms with Crippen LogP contribution in [0.4, 0.5) is 11.5 Å². The van der Waals surface area contributed by atoms with Crippen molar-refractivity contribution in [1.29, 1.82) is 0 Å². The fourth-order valence-electron chi connectivity index (χ4n) is 2.26. The zero-order valence-corrected chi connectivity index (χ0v) is 14.2. The van der Waals surface area contributed by atoms with Crippen molar-refractivity contribution in [1.82, 2.24) is 10.2 Å². The highest BCUT2D eigenvalue weighted by Gasteiger charge is 2.18. The highest BCUT2D eigenvalue weighted by molar-refractivity contribution is 6.04. The molecule has 1 unspecified atom stereocenters. The van der Waals surface area contributed by atoms with Crippen LogP contribution in [0.5, 0.6) is 0 Å². The number of hydrogen-bond donors (Lipinski definition) is 1. The predicted molar refractivity (Wildman–Crippen MR) is 93.9 cm³/mol. The molecule has 0 radical (unpaired) electrons. The summed E-state index contributed by atoms with van der Waals surface area (Å²) in [6.07, 6.45) is 0.999. The maximum atomic E-state index is 12.7. The van der Waals surface area contributed by atoms with E-state index in [4.69, 9.17) is 0 Å². The average Bonchev–Trinajstić information content (AvgIpc) is 2.56. The van der Waals surface area contributed by atoms with Crippen molar-refractivity contribution in [2.45, 2.75) is 40.2 Å². The van der Waals surface area contributed by atoms with Crippen LogP contribution in [-0.4, -0.2) is 28.7 Å². The van der Waals surface area contributed by atoms with Gasteiger partial charge in [-0.3, -0.25) is 4.79 Å². The van der Waals surface area contributed by atoms with Crippen molar-refractivity contribution in [3.05, 3.63) is 47.7 Å². The van der Waals surface area contributed by atoms with Crippen molar-refractivity contribution in [2.24, 2.45) is 0 Å². The molecule has 5 nitrogen and oxygen atoms in total. The van der Waals surface area contributed by atoms with Gasteiger partial charge in [0.05, 0.1) is 0 Å². The molecule has 0 saturated heterocycles. The van der Waals surface area contributed by atoms with Gasteiger partial charge in [0.15, 0.2) is 5.69 Å². The number of aromatic nitrogens is 2. The van der Waals surface area contributed by atoms with Gasteiger partial charge in [-0.15, -0.1) is 10.2 Å². The smallest absolute Gasteiger partial charge is 0.278 e. The summed E-state index contributed by atoms with van der Waals surface area (Å²) in [5.41, 5.74) is 2.34. The van der Waals surface area contributed by atoms with Crippen LogP contribution in [0.1, 0.15) is 43.2 Å². The van der Waals surface area contributed by atoms with Gasteiger partial charge in [-0.05, 0) is 57.0 Å². The summed E-state index contributed by atoms with van der Waals surface area (Å²) < 4.78 is 0. The maximum absolute atomic E-state index is 12.7. The standard InChI is InChI=1S/C18H24N4O/c1-5-14(4)19-17-11-10-16(20-21-17)18(23)22(6-2)15-9-7-8-13(3)12-15/h7-12,14H,5-6H2,1-4H3,(H,19,21). The maximum Gasteiger partial charge on any atom is 0.278 e. The molecule has 1 aromatic heterocycles. The highest BCUT2D eigenvalue weighted by Crippen LogP contribution is 2.18. The molecule has 1 N–H and O–H groups in total. The lowest BCUT2D eigenvalue weighted by Gasteiger charge is -2.21. The summed E-state index contributed by atoms with van der Waals surface area (Å²) in [6.45, 7) is 8.72. The third-order valence-corrected chi connectivity index (χ3v) is 3.77. The molecule has 0 bridgehead atoms. The number of aryl methyl sites for hydroxylation is 1. The molecule has 0 saturated carbocycles. The lowest BCUT2D eigenvalue weighted by atomic mass is 10.2. The first-order chi connectivity index (χ1) is 11.0. The van der Waals surface area contributed by atoms with E-state index in [2.05, 4.69) is 29.4 Å². The molecule has 2 aromatic rings. The molecule has 1 amide bonds. The molecule has 1 aromatic carbocycles. The third-order valence-electron chi connectivity index (χ3n) is 3.77. The number of rotatable bonds is 6. The SMILES string of the molecule is CCC(C)Nc1ccc(C(=O)N(CC)c2cccc(C)c2)nn1. The molecule has 1 heterocycles. The quantitative estimate of drug-likeness (QED) is 0.884. The molecule has 2 rings (SSSR count). The van der Waals surface area contributed by atoms with Crippen LogP contribution in [0.15, 0.2) is 36.4 Å². The van der Waals surface area contributed by atoms with Gasteiger partial charge in [-0.25, -0.2) is 0 Å². The fourth-order valence-corrected chi connectivity index (χ4v) is 2.26. The number of anilines is 2. The van der Waals surface area contributed by atoms with Gasteiger partial charge in [-0.1, -0.05) is 19.1 Å². The van der Waals surface area contributed by atoms with Crippen molar-refractivity contribution >= 4 is 17.4 Å². The Bertz CT molecular complexity index is 654. The average molecular weight is 312 g/mol. The predicted octanol–water partition coefficient (Wildman–Crippen LogP) is 3.66. The van der Waals surface area contributed by atoms with E-state index >= 15 is 0 Å². The fraction of sp³-hybridized carbons (Fsp3) is 0.389. The van der Waals surface area contributed by atoms with E-state index in [0.29, 0.717) is 24.1 Å². The van der Waals surface area contributed by atoms with E-state index in [1.165, 1.54) is 0 Å². The number of carbonyl (C=O) groups excluding carboxylic acids is 1. The summed E-state index contributed by atoms with van der Waals surface area (Å²) in [6, 6.07) is 11.7. The van der Waals surface area contributed by atoms with Gasteiger partial charge >= 0.3 is 0 Å². The van der Waals surface area contributed by atoms with Crippen molar-refractivity contribution in [3.8, 4) is 0 Å². The summed E-state index contributed by atoms with van der Waals surface area (Å²) in [5.74, 6) is 0.551. The van der Waals surface area contributed by atoms with Crippen LogP contribution in [0.25, 0.3) is 0 Å². The van der Waals surface area contributed by atoms with E-state index in [1.54, 1.807) is 17.0 Å². The zero-order chi connectivity index (χ0) is 16.8. The first-order valence-corrected chi connectivity index (χ1v) is 8.04. The normalized spacial score (nSPS) is 11.8. The van der Waals surface area contributed by atoms with Crippen LogP contribution < -0.4 is 10.2 Å². The molecule has 1 atom stereocenters. The number of nitrogens with zero attached hydrogens (tertiary/aromatic N) is 3.